The van der Waals surface area contributed by atoms with Gasteiger partial charge in [-0.15, -0.1) is 6.42 Å². The molecule has 0 unspecified atom stereocenters. The minimum absolute atomic E-state index is 0.480. The van der Waals surface area contributed by atoms with Gasteiger partial charge in [-0.3, -0.25) is 4.79 Å². The molecule has 0 bridgehead atoms. The van der Waals surface area contributed by atoms with Crippen LogP contribution in [0.4, 0.5) is 0 Å². The lowest BCUT2D eigenvalue weighted by Crippen LogP contribution is -1.90. The minimum atomic E-state index is 0.480. The standard InChI is InChI=1S/C10H8O2/c1-3-8-4-5-10(12-2)9(6-8)7-11/h1,4-7H,2H3. The molecule has 2 nitrogen and oxygen atoms in total. The van der Waals surface area contributed by atoms with Crippen molar-refractivity contribution >= 4 is 6.29 Å². The molecule has 1 rings (SSSR count). The van der Waals surface area contributed by atoms with Crippen molar-refractivity contribution in [3.8, 4) is 18.1 Å². The van der Waals surface area contributed by atoms with Gasteiger partial charge < -0.3 is 4.74 Å². The van der Waals surface area contributed by atoms with Crippen LogP contribution in [0.15, 0.2) is 18.2 Å². The molecule has 1 aromatic carbocycles. The highest BCUT2D eigenvalue weighted by Crippen LogP contribution is 2.16. The predicted molar refractivity (Wildman–Crippen MR) is 46.3 cm³/mol. The zero-order valence-electron chi connectivity index (χ0n) is 6.70. The number of methoxy groups -OCH3 is 1. The van der Waals surface area contributed by atoms with Gasteiger partial charge in [-0.05, 0) is 18.2 Å². The number of ether oxygens (including phenoxy) is 1. The third kappa shape index (κ3) is 1.46. The summed E-state index contributed by atoms with van der Waals surface area (Å²) in [5.41, 5.74) is 1.16. The molecule has 0 saturated carbocycles. The summed E-state index contributed by atoms with van der Waals surface area (Å²) in [6.07, 6.45) is 5.88. The van der Waals surface area contributed by atoms with Crippen molar-refractivity contribution in [2.45, 2.75) is 0 Å². The predicted octanol–water partition coefficient (Wildman–Crippen LogP) is 1.49. The summed E-state index contributed by atoms with van der Waals surface area (Å²) in [6, 6.07) is 5.02. The summed E-state index contributed by atoms with van der Waals surface area (Å²) in [5, 5.41) is 0. The molecule has 0 aromatic heterocycles. The largest absolute Gasteiger partial charge is 0.496 e. The number of benzene rings is 1. The van der Waals surface area contributed by atoms with Crippen molar-refractivity contribution in [3.63, 3.8) is 0 Å². The first kappa shape index (κ1) is 8.35. The summed E-state index contributed by atoms with van der Waals surface area (Å²) >= 11 is 0. The Labute approximate surface area is 71.2 Å². The SMILES string of the molecule is C#Cc1ccc(OC)c(C=O)c1. The van der Waals surface area contributed by atoms with Gasteiger partial charge in [0.05, 0.1) is 12.7 Å². The molecule has 0 fully saturated rings. The van der Waals surface area contributed by atoms with Gasteiger partial charge in [-0.1, -0.05) is 5.92 Å². The number of carbonyl (C=O) groups excluding carboxylic acids is 1. The van der Waals surface area contributed by atoms with Crippen LogP contribution in [0.2, 0.25) is 0 Å². The van der Waals surface area contributed by atoms with Crippen LogP contribution in [-0.4, -0.2) is 13.4 Å². The third-order valence-electron chi connectivity index (χ3n) is 1.52. The molecule has 0 atom stereocenters. The molecule has 0 spiro atoms. The Morgan fingerprint density at radius 2 is 2.33 bits per heavy atom. The van der Waals surface area contributed by atoms with Crippen molar-refractivity contribution in [3.05, 3.63) is 29.3 Å². The molecule has 2 heteroatoms. The molecule has 0 radical (unpaired) electrons. The maximum Gasteiger partial charge on any atom is 0.153 e. The molecule has 0 aliphatic rings. The van der Waals surface area contributed by atoms with E-state index in [2.05, 4.69) is 5.92 Å². The van der Waals surface area contributed by atoms with Gasteiger partial charge in [0.15, 0.2) is 6.29 Å². The van der Waals surface area contributed by atoms with Crippen molar-refractivity contribution in [1.29, 1.82) is 0 Å². The van der Waals surface area contributed by atoms with E-state index in [-0.39, 0.29) is 0 Å². The molecule has 0 amide bonds. The number of terminal acetylenes is 1. The first-order valence-electron chi connectivity index (χ1n) is 3.41. The number of aldehydes is 1. The van der Waals surface area contributed by atoms with E-state index in [9.17, 15) is 4.79 Å². The van der Waals surface area contributed by atoms with E-state index in [1.807, 2.05) is 0 Å². The lowest BCUT2D eigenvalue weighted by atomic mass is 10.1. The summed E-state index contributed by atoms with van der Waals surface area (Å²) in [6.45, 7) is 0. The number of hydrogen-bond donors (Lipinski definition) is 0. The highest BCUT2D eigenvalue weighted by Gasteiger charge is 2.00. The zero-order chi connectivity index (χ0) is 8.97. The van der Waals surface area contributed by atoms with E-state index in [0.717, 1.165) is 6.29 Å². The van der Waals surface area contributed by atoms with Crippen molar-refractivity contribution in [2.75, 3.05) is 7.11 Å². The second-order valence-corrected chi connectivity index (χ2v) is 2.22. The highest BCUT2D eigenvalue weighted by molar-refractivity contribution is 5.80. The van der Waals surface area contributed by atoms with Crippen LogP contribution < -0.4 is 4.74 Å². The van der Waals surface area contributed by atoms with E-state index in [1.165, 1.54) is 7.11 Å². The van der Waals surface area contributed by atoms with E-state index in [1.54, 1.807) is 18.2 Å². The lowest BCUT2D eigenvalue weighted by Gasteiger charge is -2.02. The van der Waals surface area contributed by atoms with Crippen molar-refractivity contribution in [1.82, 2.24) is 0 Å². The second-order valence-electron chi connectivity index (χ2n) is 2.22. The van der Waals surface area contributed by atoms with Crippen molar-refractivity contribution < 1.29 is 9.53 Å². The Hall–Kier alpha value is -1.75. The molecule has 1 aromatic rings. The van der Waals surface area contributed by atoms with Crippen LogP contribution in [0.3, 0.4) is 0 Å². The molecule has 0 aliphatic carbocycles. The maximum absolute atomic E-state index is 10.5. The quantitative estimate of drug-likeness (QED) is 0.484. The fourth-order valence-corrected chi connectivity index (χ4v) is 0.916. The fourth-order valence-electron chi connectivity index (χ4n) is 0.916. The van der Waals surface area contributed by atoms with Crippen LogP contribution in [0.25, 0.3) is 0 Å². The molecular weight excluding hydrogens is 152 g/mol. The van der Waals surface area contributed by atoms with Crippen LogP contribution in [-0.2, 0) is 0 Å². The monoisotopic (exact) mass is 160 g/mol. The van der Waals surface area contributed by atoms with Gasteiger partial charge in [0.25, 0.3) is 0 Å². The Morgan fingerprint density at radius 3 is 2.83 bits per heavy atom. The Morgan fingerprint density at radius 1 is 1.58 bits per heavy atom. The average Bonchev–Trinajstić information content (AvgIpc) is 2.16. The topological polar surface area (TPSA) is 26.3 Å². The zero-order valence-corrected chi connectivity index (χ0v) is 6.70. The molecule has 60 valence electrons. The number of hydrogen-bond acceptors (Lipinski definition) is 2. The van der Waals surface area contributed by atoms with Crippen LogP contribution in [0.1, 0.15) is 15.9 Å². The van der Waals surface area contributed by atoms with Gasteiger partial charge >= 0.3 is 0 Å². The van der Waals surface area contributed by atoms with E-state index in [0.29, 0.717) is 16.9 Å². The van der Waals surface area contributed by atoms with Crippen molar-refractivity contribution in [2.24, 2.45) is 0 Å². The lowest BCUT2D eigenvalue weighted by molar-refractivity contribution is 0.112. The molecular formula is C10H8O2. The smallest absolute Gasteiger partial charge is 0.153 e. The van der Waals surface area contributed by atoms with Gasteiger partial charge in [0.1, 0.15) is 5.75 Å². The summed E-state index contributed by atoms with van der Waals surface area (Å²) in [7, 11) is 1.51. The first-order chi connectivity index (χ1) is 5.81. The van der Waals surface area contributed by atoms with Crippen LogP contribution >= 0.6 is 0 Å². The first-order valence-corrected chi connectivity index (χ1v) is 3.41. The Balaban J connectivity index is 3.21. The van der Waals surface area contributed by atoms with E-state index < -0.39 is 0 Å². The normalized spacial score (nSPS) is 8.67. The van der Waals surface area contributed by atoms with Gasteiger partial charge in [0.2, 0.25) is 0 Å². The number of carbonyl (C=O) groups is 1. The van der Waals surface area contributed by atoms with Gasteiger partial charge in [-0.25, -0.2) is 0 Å². The minimum Gasteiger partial charge on any atom is -0.496 e. The van der Waals surface area contributed by atoms with E-state index in [4.69, 9.17) is 11.2 Å². The molecule has 0 saturated heterocycles. The molecule has 0 N–H and O–H groups in total. The van der Waals surface area contributed by atoms with Crippen LogP contribution in [0.5, 0.6) is 5.75 Å². The Kier molecular flexibility index (Phi) is 2.49. The second kappa shape index (κ2) is 3.59. The molecule has 12 heavy (non-hydrogen) atoms. The summed E-state index contributed by atoms with van der Waals surface area (Å²) in [5.74, 6) is 2.98. The average molecular weight is 160 g/mol. The van der Waals surface area contributed by atoms with Gasteiger partial charge in [-0.2, -0.15) is 0 Å². The van der Waals surface area contributed by atoms with E-state index >= 15 is 0 Å². The fraction of sp³-hybridized carbons (Fsp3) is 0.100. The Bertz CT molecular complexity index is 334. The maximum atomic E-state index is 10.5. The summed E-state index contributed by atoms with van der Waals surface area (Å²) < 4.78 is 4.94. The number of rotatable bonds is 2. The van der Waals surface area contributed by atoms with Gasteiger partial charge in [0, 0.05) is 5.56 Å². The third-order valence-corrected chi connectivity index (χ3v) is 1.52. The van der Waals surface area contributed by atoms with Crippen LogP contribution in [0, 0.1) is 12.3 Å². The molecule has 0 heterocycles. The highest BCUT2D eigenvalue weighted by atomic mass is 16.5. The molecule has 0 aliphatic heterocycles. The summed E-state index contributed by atoms with van der Waals surface area (Å²) in [4.78, 5) is 10.5.